The van der Waals surface area contributed by atoms with Crippen LogP contribution in [0.5, 0.6) is 23.0 Å². The van der Waals surface area contributed by atoms with E-state index >= 15 is 0 Å². The van der Waals surface area contributed by atoms with Gasteiger partial charge < -0.3 is 24.3 Å². The van der Waals surface area contributed by atoms with Crippen LogP contribution in [0.3, 0.4) is 0 Å². The Morgan fingerprint density at radius 1 is 0.763 bits per heavy atom. The van der Waals surface area contributed by atoms with Crippen molar-refractivity contribution in [2.75, 3.05) is 35.0 Å². The zero-order valence-corrected chi connectivity index (χ0v) is 23.5. The van der Waals surface area contributed by atoms with Gasteiger partial charge in [-0.05, 0) is 73.2 Å². The molecule has 1 aromatic heterocycles. The highest BCUT2D eigenvalue weighted by atomic mass is 35.5. The molecular formula is C31H37ClN2O4. The van der Waals surface area contributed by atoms with Crippen LogP contribution in [0.15, 0.2) is 72.9 Å². The molecule has 0 saturated heterocycles. The number of ether oxygens (including phenoxy) is 4. The fourth-order valence-electron chi connectivity index (χ4n) is 4.84. The summed E-state index contributed by atoms with van der Waals surface area (Å²) in [6, 6.07) is 23.1. The maximum atomic E-state index is 5.63. The van der Waals surface area contributed by atoms with E-state index in [0.717, 1.165) is 41.4 Å². The Kier molecular flexibility index (Phi) is 10.6. The first-order chi connectivity index (χ1) is 18.1. The summed E-state index contributed by atoms with van der Waals surface area (Å²) in [6.07, 6.45) is 3.70. The van der Waals surface area contributed by atoms with E-state index < -0.39 is 0 Å². The van der Waals surface area contributed by atoms with Gasteiger partial charge >= 0.3 is 0 Å². The number of benzene rings is 3. The minimum atomic E-state index is 0. The van der Waals surface area contributed by atoms with E-state index in [0.29, 0.717) is 29.0 Å². The van der Waals surface area contributed by atoms with Crippen molar-refractivity contribution in [3.63, 3.8) is 0 Å². The van der Waals surface area contributed by atoms with E-state index in [9.17, 15) is 0 Å². The Morgan fingerprint density at radius 2 is 1.42 bits per heavy atom. The van der Waals surface area contributed by atoms with Crippen molar-refractivity contribution < 1.29 is 18.9 Å². The third-order valence-corrected chi connectivity index (χ3v) is 6.75. The van der Waals surface area contributed by atoms with Gasteiger partial charge in [-0.15, -0.1) is 12.4 Å². The number of halogens is 1. The van der Waals surface area contributed by atoms with Gasteiger partial charge in [-0.3, -0.25) is 4.98 Å². The Labute approximate surface area is 231 Å². The predicted molar refractivity (Wildman–Crippen MR) is 156 cm³/mol. The molecule has 202 valence electrons. The fraction of sp³-hybridized carbons (Fsp3) is 0.323. The molecule has 0 spiro atoms. The van der Waals surface area contributed by atoms with E-state index in [4.69, 9.17) is 23.9 Å². The van der Waals surface area contributed by atoms with Crippen molar-refractivity contribution in [1.29, 1.82) is 0 Å². The number of nitrogens with one attached hydrogen (secondary N) is 1. The van der Waals surface area contributed by atoms with Crippen LogP contribution in [0.4, 0.5) is 0 Å². The van der Waals surface area contributed by atoms with Crippen molar-refractivity contribution in [2.45, 2.75) is 31.7 Å². The summed E-state index contributed by atoms with van der Waals surface area (Å²) in [6.45, 7) is 3.06. The SMILES string of the molecule is COc1ccc(C(CCNC(C)Cc2ccccc2)c2nccc3cc(OC)c(OC)cc23)cc1OC.Cl. The average molecular weight is 537 g/mol. The highest BCUT2D eigenvalue weighted by Gasteiger charge is 2.22. The summed E-state index contributed by atoms with van der Waals surface area (Å²) in [7, 11) is 6.62. The summed E-state index contributed by atoms with van der Waals surface area (Å²) >= 11 is 0. The molecule has 0 bridgehead atoms. The van der Waals surface area contributed by atoms with Crippen LogP contribution < -0.4 is 24.3 Å². The number of hydrogen-bond donors (Lipinski definition) is 1. The molecule has 3 aromatic carbocycles. The second kappa shape index (κ2) is 13.9. The van der Waals surface area contributed by atoms with Crippen LogP contribution in [-0.4, -0.2) is 46.0 Å². The Morgan fingerprint density at radius 3 is 2.11 bits per heavy atom. The summed E-state index contributed by atoms with van der Waals surface area (Å²) in [5, 5.41) is 5.81. The highest BCUT2D eigenvalue weighted by molar-refractivity contribution is 5.88. The molecule has 2 unspecified atom stereocenters. The quantitative estimate of drug-likeness (QED) is 0.225. The first-order valence-corrected chi connectivity index (χ1v) is 12.6. The van der Waals surface area contributed by atoms with Crippen LogP contribution in [0, 0.1) is 0 Å². The number of aromatic nitrogens is 1. The average Bonchev–Trinajstić information content (AvgIpc) is 2.94. The zero-order valence-electron chi connectivity index (χ0n) is 22.7. The van der Waals surface area contributed by atoms with Gasteiger partial charge in [0.05, 0.1) is 34.1 Å². The molecule has 4 rings (SSSR count). The molecule has 7 heteroatoms. The van der Waals surface area contributed by atoms with Gasteiger partial charge in [0.2, 0.25) is 0 Å². The smallest absolute Gasteiger partial charge is 0.161 e. The Bertz CT molecular complexity index is 1320. The molecule has 0 aliphatic heterocycles. The highest BCUT2D eigenvalue weighted by Crippen LogP contribution is 2.39. The van der Waals surface area contributed by atoms with Crippen LogP contribution >= 0.6 is 12.4 Å². The molecule has 2 atom stereocenters. The van der Waals surface area contributed by atoms with E-state index in [1.54, 1.807) is 28.4 Å². The molecule has 38 heavy (non-hydrogen) atoms. The molecule has 0 amide bonds. The summed E-state index contributed by atoms with van der Waals surface area (Å²) in [5.41, 5.74) is 3.43. The number of rotatable bonds is 12. The number of nitrogens with zero attached hydrogens (tertiary/aromatic N) is 1. The first-order valence-electron chi connectivity index (χ1n) is 12.6. The van der Waals surface area contributed by atoms with Crippen molar-refractivity contribution in [2.24, 2.45) is 0 Å². The van der Waals surface area contributed by atoms with Crippen molar-refractivity contribution in [3.8, 4) is 23.0 Å². The maximum Gasteiger partial charge on any atom is 0.161 e. The number of methoxy groups -OCH3 is 4. The summed E-state index contributed by atoms with van der Waals surface area (Å²) < 4.78 is 22.3. The number of fused-ring (bicyclic) bond motifs is 1. The van der Waals surface area contributed by atoms with E-state index in [1.807, 2.05) is 30.5 Å². The van der Waals surface area contributed by atoms with Gasteiger partial charge in [0.25, 0.3) is 0 Å². The molecule has 0 saturated carbocycles. The standard InChI is InChI=1S/C31H36N2O4.ClH/c1-21(17-22-9-7-6-8-10-22)32-16-14-25(23-11-12-27(34-2)28(18-23)35-3)31-26-20-30(37-5)29(36-4)19-24(26)13-15-33-31;/h6-13,15,18-21,25,32H,14,16-17H2,1-5H3;1H. The van der Waals surface area contributed by atoms with Crippen LogP contribution in [0.25, 0.3) is 10.8 Å². The molecule has 6 nitrogen and oxygen atoms in total. The second-order valence-electron chi connectivity index (χ2n) is 9.13. The van der Waals surface area contributed by atoms with Crippen molar-refractivity contribution in [1.82, 2.24) is 10.3 Å². The normalized spacial score (nSPS) is 12.3. The minimum Gasteiger partial charge on any atom is -0.493 e. The van der Waals surface area contributed by atoms with Gasteiger partial charge in [-0.1, -0.05) is 36.4 Å². The topological polar surface area (TPSA) is 61.8 Å². The molecule has 4 aromatic rings. The lowest BCUT2D eigenvalue weighted by Crippen LogP contribution is -2.30. The van der Waals surface area contributed by atoms with Gasteiger partial charge in [0.15, 0.2) is 23.0 Å². The third-order valence-electron chi connectivity index (χ3n) is 6.75. The first kappa shape index (κ1) is 29.1. The zero-order chi connectivity index (χ0) is 26.2. The van der Waals surface area contributed by atoms with Crippen molar-refractivity contribution >= 4 is 23.2 Å². The second-order valence-corrected chi connectivity index (χ2v) is 9.13. The Hall–Kier alpha value is -3.48. The van der Waals surface area contributed by atoms with E-state index in [1.165, 1.54) is 5.56 Å². The number of pyridine rings is 1. The van der Waals surface area contributed by atoms with Crippen LogP contribution in [0.1, 0.15) is 36.1 Å². The third kappa shape index (κ3) is 6.69. The van der Waals surface area contributed by atoms with Crippen molar-refractivity contribution in [3.05, 3.63) is 89.7 Å². The molecule has 0 aliphatic carbocycles. The number of hydrogen-bond acceptors (Lipinski definition) is 6. The molecule has 1 heterocycles. The molecule has 0 radical (unpaired) electrons. The minimum absolute atomic E-state index is 0. The maximum absolute atomic E-state index is 5.63. The lowest BCUT2D eigenvalue weighted by molar-refractivity contribution is 0.354. The fourth-order valence-corrected chi connectivity index (χ4v) is 4.84. The van der Waals surface area contributed by atoms with Crippen LogP contribution in [0.2, 0.25) is 0 Å². The monoisotopic (exact) mass is 536 g/mol. The van der Waals surface area contributed by atoms with Gasteiger partial charge in [-0.2, -0.15) is 0 Å². The van der Waals surface area contributed by atoms with Gasteiger partial charge in [0.1, 0.15) is 0 Å². The predicted octanol–water partition coefficient (Wildman–Crippen LogP) is 6.43. The largest absolute Gasteiger partial charge is 0.493 e. The Balaban J connectivity index is 0.00000400. The lowest BCUT2D eigenvalue weighted by Gasteiger charge is -2.22. The van der Waals surface area contributed by atoms with Gasteiger partial charge in [-0.25, -0.2) is 0 Å². The summed E-state index contributed by atoms with van der Waals surface area (Å²) in [5.74, 6) is 2.82. The lowest BCUT2D eigenvalue weighted by atomic mass is 9.88. The van der Waals surface area contributed by atoms with Crippen LogP contribution in [-0.2, 0) is 6.42 Å². The van der Waals surface area contributed by atoms with Gasteiger partial charge in [0, 0.05) is 23.5 Å². The molecule has 0 aliphatic rings. The molecule has 0 fully saturated rings. The van der Waals surface area contributed by atoms with E-state index in [-0.39, 0.29) is 18.3 Å². The molecular weight excluding hydrogens is 500 g/mol. The molecule has 1 N–H and O–H groups in total. The summed E-state index contributed by atoms with van der Waals surface area (Å²) in [4.78, 5) is 4.88. The van der Waals surface area contributed by atoms with E-state index in [2.05, 4.69) is 54.7 Å².